The van der Waals surface area contributed by atoms with Crippen molar-refractivity contribution in [2.24, 2.45) is 0 Å². The normalized spacial score (nSPS) is 12.7. The lowest BCUT2D eigenvalue weighted by Gasteiger charge is -2.16. The fraction of sp³-hybridized carbons (Fsp3) is 0.222. The van der Waals surface area contributed by atoms with Gasteiger partial charge < -0.3 is 25.2 Å². The van der Waals surface area contributed by atoms with Gasteiger partial charge in [-0.15, -0.1) is 0 Å². The van der Waals surface area contributed by atoms with Crippen molar-refractivity contribution in [2.75, 3.05) is 13.2 Å². The number of amides is 2. The molecule has 0 bridgehead atoms. The molecule has 3 aromatic rings. The van der Waals surface area contributed by atoms with E-state index in [1.54, 1.807) is 12.1 Å². The summed E-state index contributed by atoms with van der Waals surface area (Å²) < 4.78 is 10.5. The summed E-state index contributed by atoms with van der Waals surface area (Å²) >= 11 is 0. The number of benzene rings is 3. The smallest absolute Gasteiger partial charge is 0.408 e. The number of hydrogen-bond acceptors (Lipinski definition) is 5. The van der Waals surface area contributed by atoms with Crippen LogP contribution in [0.1, 0.15) is 29.0 Å². The molecule has 0 aromatic heterocycles. The number of nitrogens with one attached hydrogen (secondary N) is 2. The molecule has 180 valence electrons. The lowest BCUT2D eigenvalue weighted by atomic mass is 9.98. The Labute approximate surface area is 202 Å². The van der Waals surface area contributed by atoms with Crippen molar-refractivity contribution in [1.29, 1.82) is 0 Å². The van der Waals surface area contributed by atoms with Crippen molar-refractivity contribution < 1.29 is 29.0 Å². The lowest BCUT2D eigenvalue weighted by Crippen LogP contribution is -2.43. The van der Waals surface area contributed by atoms with Gasteiger partial charge in [0.15, 0.2) is 0 Å². The molecule has 3 N–H and O–H groups in total. The Balaban J connectivity index is 1.23. The Bertz CT molecular complexity index is 1150. The van der Waals surface area contributed by atoms with Crippen molar-refractivity contribution in [1.82, 2.24) is 10.6 Å². The Morgan fingerprint density at radius 2 is 1.40 bits per heavy atom. The van der Waals surface area contributed by atoms with Gasteiger partial charge in [-0.25, -0.2) is 14.4 Å². The molecule has 1 aliphatic rings. The second-order valence-electron chi connectivity index (χ2n) is 8.14. The van der Waals surface area contributed by atoms with E-state index < -0.39 is 24.2 Å². The summed E-state index contributed by atoms with van der Waals surface area (Å²) in [5.74, 6) is -1.29. The van der Waals surface area contributed by atoms with E-state index in [9.17, 15) is 19.5 Å². The van der Waals surface area contributed by atoms with Crippen LogP contribution in [0.15, 0.2) is 78.9 Å². The zero-order valence-corrected chi connectivity index (χ0v) is 19.0. The Morgan fingerprint density at radius 1 is 0.800 bits per heavy atom. The van der Waals surface area contributed by atoms with Gasteiger partial charge in [0.2, 0.25) is 0 Å². The maximum Gasteiger partial charge on any atom is 0.408 e. The third-order valence-corrected chi connectivity index (χ3v) is 5.85. The van der Waals surface area contributed by atoms with Crippen molar-refractivity contribution in [3.63, 3.8) is 0 Å². The Kier molecular flexibility index (Phi) is 7.62. The first-order chi connectivity index (χ1) is 17.0. The van der Waals surface area contributed by atoms with Crippen LogP contribution in [0.25, 0.3) is 11.1 Å². The molecule has 0 fully saturated rings. The number of carboxylic acids is 1. The molecule has 3 aromatic carbocycles. The van der Waals surface area contributed by atoms with Crippen LogP contribution < -0.4 is 10.6 Å². The highest BCUT2D eigenvalue weighted by molar-refractivity contribution is 5.80. The molecule has 0 saturated carbocycles. The van der Waals surface area contributed by atoms with Crippen molar-refractivity contribution >= 4 is 18.2 Å². The molecule has 0 radical (unpaired) electrons. The number of carboxylic acid groups (broad SMARTS) is 1. The summed E-state index contributed by atoms with van der Waals surface area (Å²) in [5.41, 5.74) is 5.25. The van der Waals surface area contributed by atoms with E-state index in [0.29, 0.717) is 0 Å². The molecule has 8 nitrogen and oxygen atoms in total. The van der Waals surface area contributed by atoms with E-state index in [4.69, 9.17) is 9.47 Å². The maximum atomic E-state index is 12.3. The van der Waals surface area contributed by atoms with Crippen LogP contribution in [0.2, 0.25) is 0 Å². The van der Waals surface area contributed by atoms with Crippen LogP contribution in [0.3, 0.4) is 0 Å². The zero-order chi connectivity index (χ0) is 24.6. The average molecular weight is 475 g/mol. The number of hydrogen-bond donors (Lipinski definition) is 3. The molecule has 4 rings (SSSR count). The van der Waals surface area contributed by atoms with E-state index in [2.05, 4.69) is 22.8 Å². The van der Waals surface area contributed by atoms with E-state index in [1.807, 2.05) is 54.6 Å². The highest BCUT2D eigenvalue weighted by Gasteiger charge is 2.29. The highest BCUT2D eigenvalue weighted by atomic mass is 16.6. The largest absolute Gasteiger partial charge is 0.480 e. The molecule has 0 saturated heterocycles. The minimum atomic E-state index is -1.23. The van der Waals surface area contributed by atoms with E-state index in [0.717, 1.165) is 27.8 Å². The average Bonchev–Trinajstić information content (AvgIpc) is 3.20. The first kappa shape index (κ1) is 23.8. The number of alkyl carbamates (subject to hydrolysis) is 2. The van der Waals surface area contributed by atoms with Crippen LogP contribution >= 0.6 is 0 Å². The monoisotopic (exact) mass is 474 g/mol. The second kappa shape index (κ2) is 11.2. The van der Waals surface area contributed by atoms with Gasteiger partial charge in [-0.3, -0.25) is 0 Å². The molecule has 1 unspecified atom stereocenters. The maximum absolute atomic E-state index is 12.3. The summed E-state index contributed by atoms with van der Waals surface area (Å²) in [6.45, 7) is 0.190. The third-order valence-electron chi connectivity index (χ3n) is 5.85. The van der Waals surface area contributed by atoms with Gasteiger partial charge in [0.1, 0.15) is 19.3 Å². The Morgan fingerprint density at radius 3 is 2.03 bits per heavy atom. The molecule has 8 heteroatoms. The van der Waals surface area contributed by atoms with Crippen molar-refractivity contribution in [2.45, 2.75) is 25.0 Å². The van der Waals surface area contributed by atoms with E-state index >= 15 is 0 Å². The standard InChI is InChI=1S/C27H26N2O6/c30-25(31)24(29-27(33)34-16-18-8-2-1-3-9-18)14-15-28-26(32)35-17-23-21-12-6-4-10-19(21)20-11-5-7-13-22(20)23/h1-13,23-24H,14-17H2,(H,28,32)(H,29,33)(H,30,31). The Hall–Kier alpha value is -4.33. The van der Waals surface area contributed by atoms with E-state index in [-0.39, 0.29) is 32.1 Å². The summed E-state index contributed by atoms with van der Waals surface area (Å²) in [5, 5.41) is 14.3. The predicted molar refractivity (Wildman–Crippen MR) is 129 cm³/mol. The van der Waals surface area contributed by atoms with Gasteiger partial charge in [-0.1, -0.05) is 78.9 Å². The zero-order valence-electron chi connectivity index (χ0n) is 19.0. The fourth-order valence-corrected chi connectivity index (χ4v) is 4.13. The summed E-state index contributed by atoms with van der Waals surface area (Å²) in [4.78, 5) is 35.7. The second-order valence-corrected chi connectivity index (χ2v) is 8.14. The van der Waals surface area contributed by atoms with E-state index in [1.165, 1.54) is 0 Å². The molecular weight excluding hydrogens is 448 g/mol. The molecule has 1 aliphatic carbocycles. The number of rotatable bonds is 9. The predicted octanol–water partition coefficient (Wildman–Crippen LogP) is 4.29. The van der Waals surface area contributed by atoms with Gasteiger partial charge in [-0.2, -0.15) is 0 Å². The van der Waals surface area contributed by atoms with Crippen molar-refractivity contribution in [3.05, 3.63) is 95.6 Å². The number of carbonyl (C=O) groups excluding carboxylic acids is 2. The topological polar surface area (TPSA) is 114 Å². The molecule has 1 atom stereocenters. The molecule has 2 amide bonds. The van der Waals surface area contributed by atoms with Crippen LogP contribution in [0.5, 0.6) is 0 Å². The minimum Gasteiger partial charge on any atom is -0.480 e. The number of fused-ring (bicyclic) bond motifs is 3. The van der Waals surface area contributed by atoms with Crippen LogP contribution in [0, 0.1) is 0 Å². The summed E-state index contributed by atoms with van der Waals surface area (Å²) in [6, 6.07) is 23.9. The molecule has 0 spiro atoms. The van der Waals surface area contributed by atoms with Gasteiger partial charge in [0, 0.05) is 12.5 Å². The summed E-state index contributed by atoms with van der Waals surface area (Å²) in [7, 11) is 0. The highest BCUT2D eigenvalue weighted by Crippen LogP contribution is 2.44. The first-order valence-corrected chi connectivity index (χ1v) is 11.3. The van der Waals surface area contributed by atoms with Crippen LogP contribution in [-0.2, 0) is 20.9 Å². The molecule has 35 heavy (non-hydrogen) atoms. The van der Waals surface area contributed by atoms with Crippen LogP contribution in [0.4, 0.5) is 9.59 Å². The van der Waals surface area contributed by atoms with Gasteiger partial charge in [-0.05, 0) is 34.2 Å². The van der Waals surface area contributed by atoms with Gasteiger partial charge in [0.25, 0.3) is 0 Å². The first-order valence-electron chi connectivity index (χ1n) is 11.3. The van der Waals surface area contributed by atoms with Crippen molar-refractivity contribution in [3.8, 4) is 11.1 Å². The molecule has 0 aliphatic heterocycles. The van der Waals surface area contributed by atoms with Gasteiger partial charge in [0.05, 0.1) is 0 Å². The minimum absolute atomic E-state index is 0.00655. The number of aliphatic carboxylic acids is 1. The number of carbonyl (C=O) groups is 3. The quantitative estimate of drug-likeness (QED) is 0.426. The van der Waals surface area contributed by atoms with Gasteiger partial charge >= 0.3 is 18.2 Å². The fourth-order valence-electron chi connectivity index (χ4n) is 4.13. The molecule has 0 heterocycles. The SMILES string of the molecule is O=C(NCCC(NC(=O)OCc1ccccc1)C(=O)O)OCC1c2ccccc2-c2ccccc21. The third kappa shape index (κ3) is 5.97. The lowest BCUT2D eigenvalue weighted by molar-refractivity contribution is -0.139. The molecular formula is C27H26N2O6. The number of ether oxygens (including phenoxy) is 2. The van der Waals surface area contributed by atoms with Crippen LogP contribution in [-0.4, -0.2) is 42.5 Å². The summed E-state index contributed by atoms with van der Waals surface area (Å²) in [6.07, 6.45) is -1.52.